The van der Waals surface area contributed by atoms with Gasteiger partial charge in [0.2, 0.25) is 5.95 Å². The van der Waals surface area contributed by atoms with Crippen LogP contribution in [0.2, 0.25) is 0 Å². The number of carbonyl (C=O) groups is 1. The number of benzene rings is 1. The number of ether oxygens (including phenoxy) is 2. The zero-order valence-corrected chi connectivity index (χ0v) is 23.9. The fraction of sp³-hybridized carbons (Fsp3) is 0.393. The quantitative estimate of drug-likeness (QED) is 0.236. The smallest absolute Gasteiger partial charge is 0.423 e. The van der Waals surface area contributed by atoms with Crippen molar-refractivity contribution in [2.75, 3.05) is 37.0 Å². The highest BCUT2D eigenvalue weighted by Gasteiger charge is 2.38. The van der Waals surface area contributed by atoms with Crippen LogP contribution in [0.1, 0.15) is 46.6 Å². The minimum Gasteiger partial charge on any atom is -0.497 e. The van der Waals surface area contributed by atoms with E-state index in [1.54, 1.807) is 42.1 Å². The average Bonchev–Trinajstić information content (AvgIpc) is 3.69. The molecule has 16 heteroatoms. The Labute approximate surface area is 249 Å². The molecule has 1 aliphatic rings. The number of aromatic nitrogens is 7. The van der Waals surface area contributed by atoms with E-state index in [9.17, 15) is 22.8 Å². The maximum Gasteiger partial charge on any atom is 0.423 e. The molecule has 44 heavy (non-hydrogen) atoms. The molecule has 5 rings (SSSR count). The minimum atomic E-state index is -4.90. The first-order valence-corrected chi connectivity index (χ1v) is 13.7. The number of halogens is 3. The summed E-state index contributed by atoms with van der Waals surface area (Å²) in [7, 11) is 1.50. The molecule has 0 amide bonds. The molecular weight excluding hydrogens is 583 g/mol. The zero-order chi connectivity index (χ0) is 31.3. The lowest BCUT2D eigenvalue weighted by atomic mass is 10.2. The Morgan fingerprint density at radius 3 is 2.59 bits per heavy atom. The first-order valence-electron chi connectivity index (χ1n) is 13.7. The minimum absolute atomic E-state index is 0.0322. The fourth-order valence-corrected chi connectivity index (χ4v) is 4.79. The molecule has 0 saturated carbocycles. The highest BCUT2D eigenvalue weighted by Crippen LogP contribution is 2.32. The van der Waals surface area contributed by atoms with Crippen molar-refractivity contribution >= 4 is 17.9 Å². The number of alkyl halides is 3. The molecule has 232 valence electrons. The molecule has 2 atom stereocenters. The van der Waals surface area contributed by atoms with Gasteiger partial charge in [-0.2, -0.15) is 18.3 Å². The van der Waals surface area contributed by atoms with Crippen molar-refractivity contribution in [3.05, 3.63) is 81.8 Å². The SMILES string of the molecule is COc1ccc(Cn2ncc(NC(C)COCc3cn(C4CCN(c5ncc(C=O)cn5)C4)nn3)c(C(F)(F)F)c2=O)cc1. The monoisotopic (exact) mass is 613 g/mol. The van der Waals surface area contributed by atoms with Crippen LogP contribution in [0.4, 0.5) is 24.8 Å². The van der Waals surface area contributed by atoms with Crippen LogP contribution in [0.5, 0.6) is 5.75 Å². The first kappa shape index (κ1) is 30.6. The molecule has 3 aromatic heterocycles. The van der Waals surface area contributed by atoms with Crippen molar-refractivity contribution in [3.8, 4) is 5.75 Å². The summed E-state index contributed by atoms with van der Waals surface area (Å²) in [6.45, 7) is 2.95. The third kappa shape index (κ3) is 7.19. The Balaban J connectivity index is 1.15. The number of hydrogen-bond donors (Lipinski definition) is 1. The van der Waals surface area contributed by atoms with E-state index in [-0.39, 0.29) is 25.8 Å². The number of anilines is 2. The highest BCUT2D eigenvalue weighted by atomic mass is 19.4. The van der Waals surface area contributed by atoms with Gasteiger partial charge in [-0.3, -0.25) is 9.59 Å². The van der Waals surface area contributed by atoms with Crippen molar-refractivity contribution < 1.29 is 27.4 Å². The maximum atomic E-state index is 14.0. The number of hydrogen-bond acceptors (Lipinski definition) is 11. The standard InChI is InChI=1S/C28H30F3N9O4/c1-18(35-24-11-34-40(26(42)25(24)28(29,30)31)12-19-3-5-23(43-2)6-4-19)16-44-17-21-13-39(37-36-21)22-7-8-38(14-22)27-32-9-20(15-41)10-33-27/h3-6,9-11,13,15,18,22,35H,7-8,12,14,16-17H2,1-2H3. The van der Waals surface area contributed by atoms with Gasteiger partial charge in [-0.25, -0.2) is 19.3 Å². The number of nitrogens with one attached hydrogen (secondary N) is 1. The Hall–Kier alpha value is -4.86. The summed E-state index contributed by atoms with van der Waals surface area (Å²) in [5, 5.41) is 15.0. The van der Waals surface area contributed by atoms with Crippen molar-refractivity contribution in [2.45, 2.75) is 44.8 Å². The predicted octanol–water partition coefficient (Wildman–Crippen LogP) is 2.98. The van der Waals surface area contributed by atoms with Crippen LogP contribution in [0, 0.1) is 0 Å². The largest absolute Gasteiger partial charge is 0.497 e. The number of rotatable bonds is 12. The van der Waals surface area contributed by atoms with E-state index < -0.39 is 29.0 Å². The predicted molar refractivity (Wildman–Crippen MR) is 152 cm³/mol. The van der Waals surface area contributed by atoms with Crippen LogP contribution in [0.25, 0.3) is 0 Å². The van der Waals surface area contributed by atoms with Gasteiger partial charge in [-0.1, -0.05) is 17.3 Å². The molecule has 4 heterocycles. The van der Waals surface area contributed by atoms with Crippen LogP contribution in [0.15, 0.2) is 53.8 Å². The molecule has 1 saturated heterocycles. The number of carbonyl (C=O) groups excluding carboxylic acids is 1. The molecule has 1 N–H and O–H groups in total. The summed E-state index contributed by atoms with van der Waals surface area (Å²) in [4.78, 5) is 34.1. The second-order valence-electron chi connectivity index (χ2n) is 10.3. The van der Waals surface area contributed by atoms with E-state index in [0.29, 0.717) is 47.9 Å². The van der Waals surface area contributed by atoms with Crippen LogP contribution in [-0.2, 0) is 24.1 Å². The second-order valence-corrected chi connectivity index (χ2v) is 10.3. The molecular formula is C28H30F3N9O4. The molecule has 2 unspecified atom stereocenters. The van der Waals surface area contributed by atoms with Crippen molar-refractivity contribution in [3.63, 3.8) is 0 Å². The van der Waals surface area contributed by atoms with Gasteiger partial charge in [0.25, 0.3) is 5.56 Å². The van der Waals surface area contributed by atoms with E-state index >= 15 is 0 Å². The molecule has 1 aromatic carbocycles. The van der Waals surface area contributed by atoms with Crippen molar-refractivity contribution in [1.82, 2.24) is 34.7 Å². The number of aldehydes is 1. The van der Waals surface area contributed by atoms with Crippen molar-refractivity contribution in [2.24, 2.45) is 0 Å². The molecule has 0 aliphatic carbocycles. The van der Waals surface area contributed by atoms with Gasteiger partial charge in [0.1, 0.15) is 17.0 Å². The summed E-state index contributed by atoms with van der Waals surface area (Å²) < 4.78 is 55.2. The summed E-state index contributed by atoms with van der Waals surface area (Å²) in [5.74, 6) is 1.11. The second kappa shape index (κ2) is 13.2. The zero-order valence-electron chi connectivity index (χ0n) is 23.9. The van der Waals surface area contributed by atoms with Gasteiger partial charge in [-0.05, 0) is 31.0 Å². The average molecular weight is 614 g/mol. The van der Waals surface area contributed by atoms with Gasteiger partial charge in [0.05, 0.1) is 56.6 Å². The van der Waals surface area contributed by atoms with Gasteiger partial charge >= 0.3 is 6.18 Å². The number of nitrogens with zero attached hydrogens (tertiary/aromatic N) is 8. The summed E-state index contributed by atoms with van der Waals surface area (Å²) in [6, 6.07) is 6.06. The third-order valence-corrected chi connectivity index (χ3v) is 7.01. The lowest BCUT2D eigenvalue weighted by molar-refractivity contribution is -0.138. The lowest BCUT2D eigenvalue weighted by Gasteiger charge is -2.19. The molecule has 0 bridgehead atoms. The van der Waals surface area contributed by atoms with Gasteiger partial charge < -0.3 is 19.7 Å². The van der Waals surface area contributed by atoms with E-state index in [1.807, 2.05) is 4.90 Å². The summed E-state index contributed by atoms with van der Waals surface area (Å²) >= 11 is 0. The van der Waals surface area contributed by atoms with Crippen LogP contribution in [-0.4, -0.2) is 73.9 Å². The van der Waals surface area contributed by atoms with E-state index in [2.05, 4.69) is 30.7 Å². The van der Waals surface area contributed by atoms with Crippen LogP contribution >= 0.6 is 0 Å². The Bertz CT molecular complexity index is 1630. The molecule has 1 aliphatic heterocycles. The van der Waals surface area contributed by atoms with Gasteiger partial charge in [0, 0.05) is 31.5 Å². The summed E-state index contributed by atoms with van der Waals surface area (Å²) in [6.07, 6.45) is 2.29. The van der Waals surface area contributed by atoms with Gasteiger partial charge in [0.15, 0.2) is 6.29 Å². The maximum absolute atomic E-state index is 14.0. The molecule has 0 spiro atoms. The Kier molecular flexibility index (Phi) is 9.18. The normalized spacial score (nSPS) is 15.8. The topological polar surface area (TPSA) is 142 Å². The van der Waals surface area contributed by atoms with E-state index in [4.69, 9.17) is 9.47 Å². The third-order valence-electron chi connectivity index (χ3n) is 7.01. The Morgan fingerprint density at radius 1 is 1.16 bits per heavy atom. The van der Waals surface area contributed by atoms with Crippen molar-refractivity contribution in [1.29, 1.82) is 0 Å². The number of methoxy groups -OCH3 is 1. The van der Waals surface area contributed by atoms with E-state index in [0.717, 1.165) is 17.3 Å². The lowest BCUT2D eigenvalue weighted by Crippen LogP contribution is -2.34. The first-order chi connectivity index (χ1) is 21.1. The van der Waals surface area contributed by atoms with Crippen LogP contribution in [0.3, 0.4) is 0 Å². The summed E-state index contributed by atoms with van der Waals surface area (Å²) in [5.41, 5.74) is -1.45. The van der Waals surface area contributed by atoms with Gasteiger partial charge in [-0.15, -0.1) is 5.10 Å². The Morgan fingerprint density at radius 2 is 1.91 bits per heavy atom. The van der Waals surface area contributed by atoms with E-state index in [1.165, 1.54) is 19.5 Å². The highest BCUT2D eigenvalue weighted by molar-refractivity contribution is 5.73. The fourth-order valence-electron chi connectivity index (χ4n) is 4.79. The van der Waals surface area contributed by atoms with Crippen LogP contribution < -0.4 is 20.5 Å². The molecule has 0 radical (unpaired) electrons. The molecule has 4 aromatic rings. The molecule has 1 fully saturated rings. The molecule has 13 nitrogen and oxygen atoms in total.